The largest absolute Gasteiger partial charge is 0.392 e. The quantitative estimate of drug-likeness (QED) is 0.642. The Hall–Kier alpha value is -0.970. The minimum Gasteiger partial charge on any atom is -0.392 e. The van der Waals surface area contributed by atoms with Crippen LogP contribution in [-0.2, 0) is 9.53 Å². The van der Waals surface area contributed by atoms with Crippen LogP contribution in [0.15, 0.2) is 23.8 Å². The van der Waals surface area contributed by atoms with Crippen molar-refractivity contribution in [3.05, 3.63) is 23.8 Å². The van der Waals surface area contributed by atoms with Gasteiger partial charge in [0.2, 0.25) is 0 Å². The highest BCUT2D eigenvalue weighted by molar-refractivity contribution is 6.01. The van der Waals surface area contributed by atoms with E-state index in [0.29, 0.717) is 36.5 Å². The Morgan fingerprint density at radius 3 is 2.47 bits per heavy atom. The minimum atomic E-state index is -0.801. The van der Waals surface area contributed by atoms with E-state index in [0.717, 1.165) is 24.8 Å². The number of fused-ring (bicyclic) bond motifs is 5. The highest BCUT2D eigenvalue weighted by atomic mass is 16.5. The van der Waals surface area contributed by atoms with Crippen LogP contribution in [0.4, 0.5) is 0 Å². The summed E-state index contributed by atoms with van der Waals surface area (Å²) in [7, 11) is 0. The highest BCUT2D eigenvalue weighted by Gasteiger charge is 2.62. The second-order valence-electron chi connectivity index (χ2n) is 13.0. The summed E-state index contributed by atoms with van der Waals surface area (Å²) in [6.45, 7) is 13.0. The van der Waals surface area contributed by atoms with Crippen molar-refractivity contribution in [1.82, 2.24) is 0 Å². The fourth-order valence-corrected chi connectivity index (χ4v) is 8.81. The van der Waals surface area contributed by atoms with E-state index in [1.54, 1.807) is 12.2 Å². The molecular formula is C28H42O4. The molecule has 2 N–H and O–H groups in total. The maximum absolute atomic E-state index is 12.0. The highest BCUT2D eigenvalue weighted by Crippen LogP contribution is 2.67. The molecule has 0 spiro atoms. The maximum atomic E-state index is 12.0. The normalized spacial score (nSPS) is 52.8. The monoisotopic (exact) mass is 442 g/mol. The number of aliphatic hydroxyl groups is 2. The van der Waals surface area contributed by atoms with E-state index in [9.17, 15) is 15.0 Å². The molecular weight excluding hydrogens is 400 g/mol. The molecule has 5 rings (SSSR count). The fourth-order valence-electron chi connectivity index (χ4n) is 8.81. The smallest absolute Gasteiger partial charge is 0.178 e. The van der Waals surface area contributed by atoms with Crippen molar-refractivity contribution in [1.29, 1.82) is 0 Å². The zero-order valence-corrected chi connectivity index (χ0v) is 20.7. The molecule has 1 saturated heterocycles. The van der Waals surface area contributed by atoms with Gasteiger partial charge in [0.15, 0.2) is 5.78 Å². The molecule has 0 aromatic rings. The van der Waals surface area contributed by atoms with Crippen LogP contribution in [0.2, 0.25) is 0 Å². The van der Waals surface area contributed by atoms with Gasteiger partial charge >= 0.3 is 0 Å². The van der Waals surface area contributed by atoms with Gasteiger partial charge in [-0.05, 0) is 100 Å². The lowest BCUT2D eigenvalue weighted by Crippen LogP contribution is -2.55. The van der Waals surface area contributed by atoms with E-state index < -0.39 is 11.2 Å². The van der Waals surface area contributed by atoms with Gasteiger partial charge in [-0.1, -0.05) is 32.4 Å². The average molecular weight is 443 g/mol. The van der Waals surface area contributed by atoms with Gasteiger partial charge in [0.05, 0.1) is 23.4 Å². The summed E-state index contributed by atoms with van der Waals surface area (Å²) < 4.78 is 6.44. The predicted octanol–water partition coefficient (Wildman–Crippen LogP) is 4.84. The van der Waals surface area contributed by atoms with Crippen molar-refractivity contribution in [2.75, 3.05) is 0 Å². The van der Waals surface area contributed by atoms with Crippen molar-refractivity contribution in [3.63, 3.8) is 0 Å². The number of hydrogen-bond acceptors (Lipinski definition) is 4. The summed E-state index contributed by atoms with van der Waals surface area (Å²) in [5.74, 6) is 2.18. The second kappa shape index (κ2) is 7.02. The molecule has 0 bridgehead atoms. The molecule has 3 saturated carbocycles. The summed E-state index contributed by atoms with van der Waals surface area (Å²) in [4.78, 5) is 12.0. The molecule has 4 nitrogen and oxygen atoms in total. The lowest BCUT2D eigenvalue weighted by atomic mass is 9.46. The zero-order valence-electron chi connectivity index (χ0n) is 20.7. The molecule has 32 heavy (non-hydrogen) atoms. The first kappa shape index (κ1) is 22.8. The first-order chi connectivity index (χ1) is 14.8. The molecule has 0 radical (unpaired) electrons. The van der Waals surface area contributed by atoms with E-state index in [1.165, 1.54) is 6.42 Å². The number of ether oxygens (including phenoxy) is 1. The number of rotatable bonds is 2. The minimum absolute atomic E-state index is 0.0638. The molecule has 10 unspecified atom stereocenters. The summed E-state index contributed by atoms with van der Waals surface area (Å²) in [5, 5.41) is 22.3. The third-order valence-corrected chi connectivity index (χ3v) is 11.2. The number of aliphatic hydroxyl groups excluding tert-OH is 1. The second-order valence-corrected chi connectivity index (χ2v) is 13.0. The van der Waals surface area contributed by atoms with Crippen LogP contribution in [0.3, 0.4) is 0 Å². The van der Waals surface area contributed by atoms with Crippen molar-refractivity contribution >= 4 is 5.78 Å². The molecule has 10 atom stereocenters. The van der Waals surface area contributed by atoms with E-state index in [1.807, 2.05) is 20.8 Å². The first-order valence-corrected chi connectivity index (χ1v) is 12.8. The molecule has 0 amide bonds. The molecule has 5 aliphatic rings. The summed E-state index contributed by atoms with van der Waals surface area (Å²) >= 11 is 0. The third kappa shape index (κ3) is 3.01. The van der Waals surface area contributed by atoms with Crippen LogP contribution in [0.25, 0.3) is 0 Å². The van der Waals surface area contributed by atoms with E-state index >= 15 is 0 Å². The SMILES string of the molecule is CC(C1CC(C)(O)C(C)(C)O1)C1CCC2C3C(O)CC4=CC(=O)C=CC4(C)C3CCC12C. The van der Waals surface area contributed by atoms with Gasteiger partial charge < -0.3 is 14.9 Å². The number of carbonyl (C=O) groups excluding carboxylic acids is 1. The van der Waals surface area contributed by atoms with E-state index in [-0.39, 0.29) is 34.7 Å². The van der Waals surface area contributed by atoms with Gasteiger partial charge in [0.25, 0.3) is 0 Å². The van der Waals surface area contributed by atoms with Crippen LogP contribution in [0.5, 0.6) is 0 Å². The standard InChI is InChI=1S/C28H42O4/c1-16(23-15-28(6,31)25(2,3)32-23)19-7-8-20-24-21(10-12-27(19,20)5)26(4)11-9-18(29)13-17(26)14-22(24)30/h9,11,13,16,19-24,30-31H,7-8,10,12,14-15H2,1-6H3. The summed E-state index contributed by atoms with van der Waals surface area (Å²) in [5.41, 5.74) is -0.0990. The van der Waals surface area contributed by atoms with E-state index in [4.69, 9.17) is 4.74 Å². The van der Waals surface area contributed by atoms with Crippen molar-refractivity contribution in [3.8, 4) is 0 Å². The lowest BCUT2D eigenvalue weighted by Gasteiger charge is -2.59. The Morgan fingerprint density at radius 1 is 1.09 bits per heavy atom. The summed E-state index contributed by atoms with van der Waals surface area (Å²) in [6.07, 6.45) is 11.3. The Bertz CT molecular complexity index is 853. The molecule has 0 aromatic carbocycles. The molecule has 1 heterocycles. The molecule has 178 valence electrons. The molecule has 4 aliphatic carbocycles. The number of allylic oxidation sites excluding steroid dienone is 3. The van der Waals surface area contributed by atoms with Gasteiger partial charge in [-0.2, -0.15) is 0 Å². The van der Waals surface area contributed by atoms with Crippen LogP contribution in [0.1, 0.15) is 80.1 Å². The molecule has 4 heteroatoms. The molecule has 1 aliphatic heterocycles. The topological polar surface area (TPSA) is 66.8 Å². The van der Waals surface area contributed by atoms with Crippen molar-refractivity contribution in [2.24, 2.45) is 40.4 Å². The van der Waals surface area contributed by atoms with Crippen LogP contribution < -0.4 is 0 Å². The van der Waals surface area contributed by atoms with Crippen LogP contribution in [-0.4, -0.2) is 39.4 Å². The predicted molar refractivity (Wildman–Crippen MR) is 125 cm³/mol. The van der Waals surface area contributed by atoms with Crippen LogP contribution >= 0.6 is 0 Å². The van der Waals surface area contributed by atoms with Crippen molar-refractivity contribution < 1.29 is 19.7 Å². The Balaban J connectivity index is 1.41. The van der Waals surface area contributed by atoms with Gasteiger partial charge in [-0.15, -0.1) is 0 Å². The zero-order chi connectivity index (χ0) is 23.3. The average Bonchev–Trinajstić information content (AvgIpc) is 3.15. The van der Waals surface area contributed by atoms with Gasteiger partial charge in [-0.3, -0.25) is 4.79 Å². The van der Waals surface area contributed by atoms with Gasteiger partial charge in [-0.25, -0.2) is 0 Å². The van der Waals surface area contributed by atoms with E-state index in [2.05, 4.69) is 26.8 Å². The molecule has 0 aromatic heterocycles. The van der Waals surface area contributed by atoms with Gasteiger partial charge in [0, 0.05) is 11.8 Å². The third-order valence-electron chi connectivity index (χ3n) is 11.2. The first-order valence-electron chi connectivity index (χ1n) is 12.8. The Labute approximate surface area is 193 Å². The van der Waals surface area contributed by atoms with Gasteiger partial charge in [0.1, 0.15) is 0 Å². The Kier molecular flexibility index (Phi) is 5.00. The number of hydrogen-bond donors (Lipinski definition) is 2. The number of ketones is 1. The lowest BCUT2D eigenvalue weighted by molar-refractivity contribution is -0.126. The maximum Gasteiger partial charge on any atom is 0.178 e. The van der Waals surface area contributed by atoms with Crippen molar-refractivity contribution in [2.45, 2.75) is 103 Å². The fraction of sp³-hybridized carbons (Fsp3) is 0.821. The molecule has 4 fully saturated rings. The van der Waals surface area contributed by atoms with Crippen LogP contribution in [0, 0.1) is 40.4 Å². The summed E-state index contributed by atoms with van der Waals surface area (Å²) in [6, 6.07) is 0. The number of carbonyl (C=O) groups is 1. The Morgan fingerprint density at radius 2 is 1.81 bits per heavy atom.